The minimum atomic E-state index is 0.0796. The molecule has 120 valence electrons. The van der Waals surface area contributed by atoms with Gasteiger partial charge in [-0.1, -0.05) is 29.8 Å². The molecule has 1 aliphatic rings. The number of amides is 1. The van der Waals surface area contributed by atoms with E-state index in [-0.39, 0.29) is 5.91 Å². The highest BCUT2D eigenvalue weighted by molar-refractivity contribution is 7.99. The molecule has 0 bridgehead atoms. The zero-order valence-electron chi connectivity index (χ0n) is 13.0. The van der Waals surface area contributed by atoms with Crippen LogP contribution < -0.4 is 0 Å². The molecule has 1 amide bonds. The highest BCUT2D eigenvalue weighted by atomic mass is 35.5. The molecule has 0 unspecified atom stereocenters. The maximum Gasteiger partial charge on any atom is 0.255 e. The molecule has 3 rings (SSSR count). The van der Waals surface area contributed by atoms with E-state index < -0.39 is 0 Å². The van der Waals surface area contributed by atoms with E-state index >= 15 is 0 Å². The maximum absolute atomic E-state index is 12.7. The number of carbonyl (C=O) groups excluding carboxylic acids is 1. The Kier molecular flexibility index (Phi) is 5.23. The van der Waals surface area contributed by atoms with E-state index in [9.17, 15) is 4.79 Å². The number of benzene rings is 1. The molecule has 3 nitrogen and oxygen atoms in total. The van der Waals surface area contributed by atoms with Gasteiger partial charge in [-0.2, -0.15) is 11.8 Å². The van der Waals surface area contributed by atoms with Crippen LogP contribution in [0.25, 0.3) is 0 Å². The van der Waals surface area contributed by atoms with Gasteiger partial charge in [-0.05, 0) is 37.1 Å². The second-order valence-electron chi connectivity index (χ2n) is 5.60. The van der Waals surface area contributed by atoms with Crippen molar-refractivity contribution in [1.82, 2.24) is 9.88 Å². The Labute approximate surface area is 146 Å². The van der Waals surface area contributed by atoms with Crippen molar-refractivity contribution in [3.05, 3.63) is 64.4 Å². The summed E-state index contributed by atoms with van der Waals surface area (Å²) in [6, 6.07) is 11.7. The fourth-order valence-corrected chi connectivity index (χ4v) is 4.44. The molecule has 0 N–H and O–H groups in total. The van der Waals surface area contributed by atoms with Crippen molar-refractivity contribution in [2.45, 2.75) is 18.6 Å². The molecular weight excluding hydrogens is 328 g/mol. The summed E-state index contributed by atoms with van der Waals surface area (Å²) >= 11 is 8.20. The summed E-state index contributed by atoms with van der Waals surface area (Å²) in [7, 11) is 0. The average Bonchev–Trinajstić information content (AvgIpc) is 2.81. The number of pyridine rings is 1. The van der Waals surface area contributed by atoms with Gasteiger partial charge in [0.2, 0.25) is 0 Å². The van der Waals surface area contributed by atoms with Crippen LogP contribution in [-0.4, -0.2) is 34.6 Å². The van der Waals surface area contributed by atoms with Gasteiger partial charge >= 0.3 is 0 Å². The summed E-state index contributed by atoms with van der Waals surface area (Å²) in [5.74, 6) is 0.997. The Balaban J connectivity index is 1.73. The third-order valence-corrected chi connectivity index (χ3v) is 5.77. The molecule has 1 aliphatic heterocycles. The van der Waals surface area contributed by atoms with E-state index in [4.69, 9.17) is 11.6 Å². The lowest BCUT2D eigenvalue weighted by Gasteiger charge is -2.21. The first-order valence-electron chi connectivity index (χ1n) is 7.73. The zero-order valence-corrected chi connectivity index (χ0v) is 14.6. The molecule has 0 radical (unpaired) electrons. The van der Waals surface area contributed by atoms with Gasteiger partial charge in [0.25, 0.3) is 5.91 Å². The summed E-state index contributed by atoms with van der Waals surface area (Å²) in [4.78, 5) is 18.9. The van der Waals surface area contributed by atoms with Crippen molar-refractivity contribution in [1.29, 1.82) is 0 Å². The van der Waals surface area contributed by atoms with Crippen LogP contribution in [0, 0.1) is 6.92 Å². The van der Waals surface area contributed by atoms with Gasteiger partial charge in [0.15, 0.2) is 0 Å². The summed E-state index contributed by atoms with van der Waals surface area (Å²) in [6.07, 6.45) is 2.64. The van der Waals surface area contributed by atoms with E-state index in [0.29, 0.717) is 10.8 Å². The van der Waals surface area contributed by atoms with Crippen LogP contribution in [0.3, 0.4) is 0 Å². The van der Waals surface area contributed by atoms with Crippen LogP contribution in [0.5, 0.6) is 0 Å². The number of nitrogens with zero attached hydrogens (tertiary/aromatic N) is 2. The third-order valence-electron chi connectivity index (χ3n) is 4.12. The van der Waals surface area contributed by atoms with Crippen molar-refractivity contribution < 1.29 is 4.79 Å². The summed E-state index contributed by atoms with van der Waals surface area (Å²) in [6.45, 7) is 3.39. The minimum absolute atomic E-state index is 0.0796. The standard InChI is InChI=1S/C18H19ClN2OS/c1-13-14(6-4-9-20-13)18(22)21-10-8-17(23-12-11-21)15-5-2-3-7-16(15)19/h2-7,9,17H,8,10-12H2,1H3/t17-/m1/s1. The van der Waals surface area contributed by atoms with Crippen molar-refractivity contribution >= 4 is 29.3 Å². The second kappa shape index (κ2) is 7.37. The minimum Gasteiger partial charge on any atom is -0.338 e. The molecule has 0 saturated carbocycles. The number of thioether (sulfide) groups is 1. The van der Waals surface area contributed by atoms with Crippen LogP contribution in [-0.2, 0) is 0 Å². The molecule has 0 spiro atoms. The lowest BCUT2D eigenvalue weighted by molar-refractivity contribution is 0.0765. The molecule has 1 atom stereocenters. The van der Waals surface area contributed by atoms with E-state index in [0.717, 1.165) is 36.0 Å². The number of hydrogen-bond donors (Lipinski definition) is 0. The van der Waals surface area contributed by atoms with Crippen molar-refractivity contribution in [2.75, 3.05) is 18.8 Å². The van der Waals surface area contributed by atoms with Crippen LogP contribution >= 0.6 is 23.4 Å². The second-order valence-corrected chi connectivity index (χ2v) is 7.32. The lowest BCUT2D eigenvalue weighted by atomic mass is 10.1. The molecule has 2 heterocycles. The van der Waals surface area contributed by atoms with E-state index in [1.165, 1.54) is 5.56 Å². The van der Waals surface area contributed by atoms with E-state index in [1.54, 1.807) is 6.20 Å². The number of hydrogen-bond acceptors (Lipinski definition) is 3. The fourth-order valence-electron chi connectivity index (χ4n) is 2.84. The molecule has 2 aromatic rings. The lowest BCUT2D eigenvalue weighted by Crippen LogP contribution is -2.33. The van der Waals surface area contributed by atoms with Crippen LogP contribution in [0.4, 0.5) is 0 Å². The maximum atomic E-state index is 12.7. The molecular formula is C18H19ClN2OS. The van der Waals surface area contributed by atoms with E-state index in [2.05, 4.69) is 11.1 Å². The summed E-state index contributed by atoms with van der Waals surface area (Å²) in [5, 5.41) is 1.16. The molecule has 1 aromatic carbocycles. The van der Waals surface area contributed by atoms with Gasteiger partial charge in [0.05, 0.1) is 5.56 Å². The molecule has 1 aromatic heterocycles. The first-order chi connectivity index (χ1) is 11.2. The molecule has 23 heavy (non-hydrogen) atoms. The Bertz CT molecular complexity index is 707. The van der Waals surface area contributed by atoms with Gasteiger partial charge in [0, 0.05) is 41.0 Å². The number of aryl methyl sites for hydroxylation is 1. The summed E-state index contributed by atoms with van der Waals surface area (Å²) < 4.78 is 0. The molecule has 5 heteroatoms. The number of rotatable bonds is 2. The fraction of sp³-hybridized carbons (Fsp3) is 0.333. The Morgan fingerprint density at radius 2 is 2.09 bits per heavy atom. The van der Waals surface area contributed by atoms with Crippen molar-refractivity contribution in [3.63, 3.8) is 0 Å². The number of aromatic nitrogens is 1. The quantitative estimate of drug-likeness (QED) is 0.809. The zero-order chi connectivity index (χ0) is 16.2. The molecule has 1 fully saturated rings. The van der Waals surface area contributed by atoms with Crippen LogP contribution in [0.1, 0.15) is 33.3 Å². The van der Waals surface area contributed by atoms with Gasteiger partial charge in [0.1, 0.15) is 0 Å². The predicted molar refractivity (Wildman–Crippen MR) is 96.1 cm³/mol. The van der Waals surface area contributed by atoms with Crippen LogP contribution in [0.15, 0.2) is 42.6 Å². The van der Waals surface area contributed by atoms with Gasteiger partial charge in [-0.3, -0.25) is 9.78 Å². The van der Waals surface area contributed by atoms with Crippen molar-refractivity contribution in [2.24, 2.45) is 0 Å². The Morgan fingerprint density at radius 3 is 2.87 bits per heavy atom. The van der Waals surface area contributed by atoms with Gasteiger partial charge < -0.3 is 4.90 Å². The number of halogens is 1. The molecule has 0 aliphatic carbocycles. The van der Waals surface area contributed by atoms with Gasteiger partial charge in [-0.15, -0.1) is 0 Å². The smallest absolute Gasteiger partial charge is 0.255 e. The Morgan fingerprint density at radius 1 is 1.26 bits per heavy atom. The normalized spacial score (nSPS) is 18.5. The van der Waals surface area contributed by atoms with Gasteiger partial charge in [-0.25, -0.2) is 0 Å². The highest BCUT2D eigenvalue weighted by Crippen LogP contribution is 2.37. The number of carbonyl (C=O) groups is 1. The SMILES string of the molecule is Cc1ncccc1C(=O)N1CCS[C@@H](c2ccccc2Cl)CC1. The monoisotopic (exact) mass is 346 g/mol. The van der Waals surface area contributed by atoms with Crippen molar-refractivity contribution in [3.8, 4) is 0 Å². The first kappa shape index (κ1) is 16.3. The average molecular weight is 347 g/mol. The van der Waals surface area contributed by atoms with E-state index in [1.807, 2.05) is 53.9 Å². The first-order valence-corrected chi connectivity index (χ1v) is 9.16. The molecule has 1 saturated heterocycles. The topological polar surface area (TPSA) is 33.2 Å². The largest absolute Gasteiger partial charge is 0.338 e. The van der Waals surface area contributed by atoms with Crippen LogP contribution in [0.2, 0.25) is 5.02 Å². The Hall–Kier alpha value is -1.52. The summed E-state index contributed by atoms with van der Waals surface area (Å²) in [5.41, 5.74) is 2.66. The highest BCUT2D eigenvalue weighted by Gasteiger charge is 2.24. The third kappa shape index (κ3) is 3.70. The predicted octanol–water partition coefficient (Wildman–Crippen LogP) is 4.36.